The number of aromatic nitrogens is 1. The summed E-state index contributed by atoms with van der Waals surface area (Å²) in [5, 5.41) is 5.77. The molecule has 5 nitrogen and oxygen atoms in total. The van der Waals surface area contributed by atoms with Crippen LogP contribution < -0.4 is 10.6 Å². The number of nitrogens with zero attached hydrogens (tertiary/aromatic N) is 1. The summed E-state index contributed by atoms with van der Waals surface area (Å²) in [4.78, 5) is 28.6. The average Bonchev–Trinajstić information content (AvgIpc) is 3.15. The van der Waals surface area contributed by atoms with Gasteiger partial charge < -0.3 is 10.6 Å². The third-order valence-electron chi connectivity index (χ3n) is 4.54. The molecule has 1 aromatic carbocycles. The molecule has 1 aliphatic carbocycles. The number of anilines is 1. The molecule has 130 valence electrons. The van der Waals surface area contributed by atoms with Crippen molar-refractivity contribution in [3.8, 4) is 0 Å². The van der Waals surface area contributed by atoms with Crippen molar-refractivity contribution < 1.29 is 9.59 Å². The molecule has 1 fully saturated rings. The highest BCUT2D eigenvalue weighted by molar-refractivity contribution is 6.03. The first-order valence-electron chi connectivity index (χ1n) is 8.73. The van der Waals surface area contributed by atoms with Crippen LogP contribution in [0.2, 0.25) is 0 Å². The van der Waals surface area contributed by atoms with E-state index < -0.39 is 0 Å². The highest BCUT2D eigenvalue weighted by Gasteiger charge is 2.22. The number of carbonyl (C=O) groups excluding carboxylic acids is 2. The molecule has 0 unspecified atom stereocenters. The normalized spacial score (nSPS) is 14.3. The number of benzene rings is 1. The van der Waals surface area contributed by atoms with E-state index >= 15 is 0 Å². The first-order chi connectivity index (χ1) is 12.1. The fourth-order valence-corrected chi connectivity index (χ4v) is 3.10. The molecule has 1 saturated carbocycles. The van der Waals surface area contributed by atoms with Gasteiger partial charge in [0.1, 0.15) is 5.82 Å². The highest BCUT2D eigenvalue weighted by Crippen LogP contribution is 2.24. The summed E-state index contributed by atoms with van der Waals surface area (Å²) in [5.41, 5.74) is 2.40. The maximum absolute atomic E-state index is 12.3. The van der Waals surface area contributed by atoms with E-state index in [4.69, 9.17) is 0 Å². The van der Waals surface area contributed by atoms with Crippen LogP contribution in [0, 0.1) is 12.8 Å². The zero-order chi connectivity index (χ0) is 17.6. The molecule has 0 bridgehead atoms. The summed E-state index contributed by atoms with van der Waals surface area (Å²) in [6.07, 6.45) is 4.30. The maximum Gasteiger partial charge on any atom is 0.256 e. The zero-order valence-electron chi connectivity index (χ0n) is 14.4. The van der Waals surface area contributed by atoms with Crippen molar-refractivity contribution >= 4 is 17.6 Å². The number of rotatable bonds is 5. The van der Waals surface area contributed by atoms with Crippen molar-refractivity contribution in [3.05, 3.63) is 59.3 Å². The minimum atomic E-state index is -0.195. The fraction of sp³-hybridized carbons (Fsp3) is 0.350. The van der Waals surface area contributed by atoms with Crippen molar-refractivity contribution in [1.29, 1.82) is 0 Å². The molecule has 2 aromatic rings. The van der Waals surface area contributed by atoms with Gasteiger partial charge in [-0.25, -0.2) is 4.98 Å². The van der Waals surface area contributed by atoms with E-state index in [9.17, 15) is 9.59 Å². The van der Waals surface area contributed by atoms with Crippen molar-refractivity contribution in [2.24, 2.45) is 5.92 Å². The minimum absolute atomic E-state index is 0.143. The molecule has 2 amide bonds. The molecule has 1 heterocycles. The number of carbonyl (C=O) groups is 2. The van der Waals surface area contributed by atoms with Gasteiger partial charge in [0.05, 0.1) is 0 Å². The zero-order valence-corrected chi connectivity index (χ0v) is 14.4. The summed E-state index contributed by atoms with van der Waals surface area (Å²) in [6.45, 7) is 2.38. The number of aryl methyl sites for hydroxylation is 1. The molecule has 0 aliphatic heterocycles. The molecule has 1 aromatic heterocycles. The second-order valence-electron chi connectivity index (χ2n) is 6.51. The Morgan fingerprint density at radius 2 is 1.80 bits per heavy atom. The van der Waals surface area contributed by atoms with Crippen LogP contribution >= 0.6 is 0 Å². The number of nitrogens with one attached hydrogen (secondary N) is 2. The first kappa shape index (κ1) is 17.1. The summed E-state index contributed by atoms with van der Waals surface area (Å²) in [5.74, 6) is 0.661. The predicted octanol–water partition coefficient (Wildman–Crippen LogP) is 3.45. The van der Waals surface area contributed by atoms with E-state index in [1.165, 1.54) is 0 Å². The monoisotopic (exact) mass is 337 g/mol. The van der Waals surface area contributed by atoms with Gasteiger partial charge in [0.25, 0.3) is 5.91 Å². The fourth-order valence-electron chi connectivity index (χ4n) is 3.10. The predicted molar refractivity (Wildman–Crippen MR) is 97.2 cm³/mol. The van der Waals surface area contributed by atoms with Gasteiger partial charge in [0.2, 0.25) is 5.91 Å². The number of hydrogen-bond acceptors (Lipinski definition) is 3. The van der Waals surface area contributed by atoms with Crippen LogP contribution in [0.5, 0.6) is 0 Å². The van der Waals surface area contributed by atoms with E-state index in [0.29, 0.717) is 17.9 Å². The average molecular weight is 337 g/mol. The Hall–Kier alpha value is -2.69. The second-order valence-corrected chi connectivity index (χ2v) is 6.51. The topological polar surface area (TPSA) is 71.1 Å². The molecular formula is C20H23N3O2. The lowest BCUT2D eigenvalue weighted by Crippen LogP contribution is -2.28. The number of pyridine rings is 1. The molecule has 0 radical (unpaired) electrons. The van der Waals surface area contributed by atoms with Crippen LogP contribution in [0.25, 0.3) is 0 Å². The van der Waals surface area contributed by atoms with E-state index in [1.807, 2.05) is 31.2 Å². The van der Waals surface area contributed by atoms with Crippen molar-refractivity contribution in [3.63, 3.8) is 0 Å². The molecule has 0 spiro atoms. The van der Waals surface area contributed by atoms with Crippen molar-refractivity contribution in [2.45, 2.75) is 39.2 Å². The largest absolute Gasteiger partial charge is 0.352 e. The van der Waals surface area contributed by atoms with Crippen LogP contribution in [0.15, 0.2) is 42.5 Å². The maximum atomic E-state index is 12.3. The van der Waals surface area contributed by atoms with Gasteiger partial charge in [0.15, 0.2) is 0 Å². The number of hydrogen-bond donors (Lipinski definition) is 2. The van der Waals surface area contributed by atoms with E-state index in [0.717, 1.165) is 36.9 Å². The van der Waals surface area contributed by atoms with Crippen LogP contribution in [-0.4, -0.2) is 16.8 Å². The minimum Gasteiger partial charge on any atom is -0.352 e. The summed E-state index contributed by atoms with van der Waals surface area (Å²) >= 11 is 0. The lowest BCUT2D eigenvalue weighted by atomic mass is 10.1. The van der Waals surface area contributed by atoms with Crippen LogP contribution in [0.1, 0.15) is 47.3 Å². The van der Waals surface area contributed by atoms with Gasteiger partial charge >= 0.3 is 0 Å². The van der Waals surface area contributed by atoms with Crippen molar-refractivity contribution in [1.82, 2.24) is 10.3 Å². The Morgan fingerprint density at radius 1 is 1.08 bits per heavy atom. The Labute approximate surface area is 147 Å². The van der Waals surface area contributed by atoms with Crippen molar-refractivity contribution in [2.75, 3.05) is 5.32 Å². The van der Waals surface area contributed by atoms with E-state index in [2.05, 4.69) is 15.6 Å². The van der Waals surface area contributed by atoms with Gasteiger partial charge in [-0.2, -0.15) is 0 Å². The van der Waals surface area contributed by atoms with Crippen LogP contribution in [0.4, 0.5) is 5.82 Å². The van der Waals surface area contributed by atoms with E-state index in [1.54, 1.807) is 18.2 Å². The SMILES string of the molecule is Cc1cccc(NC(=O)c2ccc(CNC(=O)C3CCCC3)cc2)n1. The standard InChI is InChI=1S/C20H23N3O2/c1-14-5-4-8-18(22-14)23-20(25)17-11-9-15(10-12-17)13-21-19(24)16-6-2-3-7-16/h4-5,8-12,16H,2-3,6-7,13H2,1H3,(H,21,24)(H,22,23,25). The Balaban J connectivity index is 1.54. The quantitative estimate of drug-likeness (QED) is 0.878. The third kappa shape index (κ3) is 4.66. The van der Waals surface area contributed by atoms with E-state index in [-0.39, 0.29) is 17.7 Å². The molecule has 0 atom stereocenters. The Kier molecular flexibility index (Phi) is 5.43. The Bertz CT molecular complexity index is 750. The molecule has 1 aliphatic rings. The lowest BCUT2D eigenvalue weighted by Gasteiger charge is -2.11. The molecule has 3 rings (SSSR count). The Morgan fingerprint density at radius 3 is 2.48 bits per heavy atom. The molecular weight excluding hydrogens is 314 g/mol. The van der Waals surface area contributed by atoms with Gasteiger partial charge in [-0.15, -0.1) is 0 Å². The van der Waals surface area contributed by atoms with Gasteiger partial charge in [-0.05, 0) is 49.6 Å². The smallest absolute Gasteiger partial charge is 0.256 e. The second kappa shape index (κ2) is 7.92. The third-order valence-corrected chi connectivity index (χ3v) is 4.54. The number of amides is 2. The highest BCUT2D eigenvalue weighted by atomic mass is 16.2. The van der Waals surface area contributed by atoms with Gasteiger partial charge in [-0.1, -0.05) is 31.0 Å². The molecule has 0 saturated heterocycles. The molecule has 2 N–H and O–H groups in total. The van der Waals surface area contributed by atoms with Gasteiger partial charge in [0, 0.05) is 23.7 Å². The van der Waals surface area contributed by atoms with Crippen LogP contribution in [0.3, 0.4) is 0 Å². The lowest BCUT2D eigenvalue weighted by molar-refractivity contribution is -0.124. The molecule has 25 heavy (non-hydrogen) atoms. The first-order valence-corrected chi connectivity index (χ1v) is 8.73. The summed E-state index contributed by atoms with van der Waals surface area (Å²) in [6, 6.07) is 12.8. The summed E-state index contributed by atoms with van der Waals surface area (Å²) < 4.78 is 0. The molecule has 5 heteroatoms. The van der Waals surface area contributed by atoms with Gasteiger partial charge in [-0.3, -0.25) is 9.59 Å². The van der Waals surface area contributed by atoms with Crippen LogP contribution in [-0.2, 0) is 11.3 Å². The summed E-state index contributed by atoms with van der Waals surface area (Å²) in [7, 11) is 0.